The van der Waals surface area contributed by atoms with Crippen molar-refractivity contribution in [3.63, 3.8) is 0 Å². The Balaban J connectivity index is 2.20. The molecule has 0 fully saturated rings. The Labute approximate surface area is 148 Å². The fourth-order valence-corrected chi connectivity index (χ4v) is 2.27. The van der Waals surface area contributed by atoms with Crippen molar-refractivity contribution < 1.29 is 28.2 Å². The lowest BCUT2D eigenvalue weighted by Gasteiger charge is -2.08. The first-order valence-electron chi connectivity index (χ1n) is 7.33. The first-order chi connectivity index (χ1) is 11.9. The number of carbonyl (C=O) groups is 1. The monoisotopic (exact) mass is 368 g/mol. The Hall–Kier alpha value is -2.60. The van der Waals surface area contributed by atoms with Gasteiger partial charge in [0, 0.05) is 5.56 Å². The van der Waals surface area contributed by atoms with Crippen LogP contribution in [-0.4, -0.2) is 24.1 Å². The smallest absolute Gasteiger partial charge is 0.387 e. The van der Waals surface area contributed by atoms with Crippen LogP contribution in [0.4, 0.5) is 8.78 Å². The van der Waals surface area contributed by atoms with Crippen molar-refractivity contribution in [2.75, 3.05) is 6.61 Å². The van der Waals surface area contributed by atoms with E-state index in [1.807, 2.05) is 0 Å². The molecule has 0 atom stereocenters. The number of hydrogen-bond donors (Lipinski definition) is 1. The highest BCUT2D eigenvalue weighted by Crippen LogP contribution is 2.35. The summed E-state index contributed by atoms with van der Waals surface area (Å²) in [6.45, 7) is -0.863. The third-order valence-corrected chi connectivity index (χ3v) is 3.41. The minimum Gasteiger partial charge on any atom is -0.503 e. The quantitative estimate of drug-likeness (QED) is 0.555. The minimum atomic E-state index is -2.96. The zero-order valence-corrected chi connectivity index (χ0v) is 14.0. The Morgan fingerprint density at radius 1 is 1.32 bits per heavy atom. The molecule has 0 saturated carbocycles. The van der Waals surface area contributed by atoms with Crippen LogP contribution in [0.3, 0.4) is 0 Å². The van der Waals surface area contributed by atoms with E-state index in [9.17, 15) is 18.7 Å². The number of phenolic OH excluding ortho intramolecular Hbond substituents is 1. The molecule has 0 aliphatic carbocycles. The molecule has 2 rings (SSSR count). The fourth-order valence-electron chi connectivity index (χ4n) is 2.05. The number of ether oxygens (including phenoxy) is 2. The predicted octanol–water partition coefficient (Wildman–Crippen LogP) is 4.94. The van der Waals surface area contributed by atoms with Gasteiger partial charge in [0.25, 0.3) is 0 Å². The number of ketones is 1. The van der Waals surface area contributed by atoms with Gasteiger partial charge >= 0.3 is 6.61 Å². The molecule has 132 valence electrons. The summed E-state index contributed by atoms with van der Waals surface area (Å²) in [6, 6.07) is 8.50. The predicted molar refractivity (Wildman–Crippen MR) is 90.7 cm³/mol. The van der Waals surface area contributed by atoms with Gasteiger partial charge in [-0.25, -0.2) is 0 Å². The molecule has 0 unspecified atom stereocenters. The van der Waals surface area contributed by atoms with Crippen molar-refractivity contribution in [2.24, 2.45) is 0 Å². The first kappa shape index (κ1) is 18.7. The lowest BCUT2D eigenvalue weighted by molar-refractivity contribution is -0.0498. The van der Waals surface area contributed by atoms with E-state index in [1.54, 1.807) is 6.92 Å². The zero-order valence-electron chi connectivity index (χ0n) is 13.2. The van der Waals surface area contributed by atoms with Crippen LogP contribution in [0.1, 0.15) is 22.8 Å². The van der Waals surface area contributed by atoms with Crippen molar-refractivity contribution in [2.45, 2.75) is 13.5 Å². The van der Waals surface area contributed by atoms with E-state index in [2.05, 4.69) is 4.74 Å². The van der Waals surface area contributed by atoms with E-state index in [1.165, 1.54) is 48.6 Å². The highest BCUT2D eigenvalue weighted by molar-refractivity contribution is 6.32. The maximum atomic E-state index is 12.2. The first-order valence-corrected chi connectivity index (χ1v) is 7.71. The number of alkyl halides is 2. The summed E-state index contributed by atoms with van der Waals surface area (Å²) in [5.74, 6) is -0.472. The van der Waals surface area contributed by atoms with Crippen LogP contribution in [0.2, 0.25) is 5.02 Å². The van der Waals surface area contributed by atoms with E-state index in [4.69, 9.17) is 16.3 Å². The Morgan fingerprint density at radius 2 is 2.08 bits per heavy atom. The van der Waals surface area contributed by atoms with Crippen LogP contribution >= 0.6 is 11.6 Å². The van der Waals surface area contributed by atoms with Gasteiger partial charge in [-0.2, -0.15) is 8.78 Å². The molecule has 0 heterocycles. The van der Waals surface area contributed by atoms with E-state index in [0.29, 0.717) is 12.2 Å². The maximum absolute atomic E-state index is 12.2. The summed E-state index contributed by atoms with van der Waals surface area (Å²) < 4.78 is 34.0. The maximum Gasteiger partial charge on any atom is 0.387 e. The van der Waals surface area contributed by atoms with Crippen LogP contribution in [0.5, 0.6) is 17.2 Å². The molecule has 0 spiro atoms. The number of allylic oxidation sites excluding steroid dienone is 1. The van der Waals surface area contributed by atoms with Gasteiger partial charge in [-0.15, -0.1) is 0 Å². The molecule has 0 bridgehead atoms. The van der Waals surface area contributed by atoms with Crippen LogP contribution in [0, 0.1) is 0 Å². The largest absolute Gasteiger partial charge is 0.503 e. The fraction of sp³-hybridized carbons (Fsp3) is 0.167. The van der Waals surface area contributed by atoms with Gasteiger partial charge in [-0.1, -0.05) is 29.8 Å². The van der Waals surface area contributed by atoms with Gasteiger partial charge in [-0.05, 0) is 42.8 Å². The molecule has 7 heteroatoms. The SMILES string of the molecule is CCOc1cc(/C=C/C(=O)c2cccc(OC(F)F)c2)cc(Cl)c1O. The average Bonchev–Trinajstić information content (AvgIpc) is 2.56. The van der Waals surface area contributed by atoms with Crippen molar-refractivity contribution >= 4 is 23.5 Å². The van der Waals surface area contributed by atoms with E-state index in [0.717, 1.165) is 0 Å². The second-order valence-corrected chi connectivity index (χ2v) is 5.29. The normalized spacial score (nSPS) is 11.1. The molecule has 2 aromatic carbocycles. The number of phenols is 1. The summed E-state index contributed by atoms with van der Waals surface area (Å²) in [6.07, 6.45) is 2.75. The molecule has 0 aliphatic rings. The molecule has 4 nitrogen and oxygen atoms in total. The van der Waals surface area contributed by atoms with Gasteiger partial charge in [0.05, 0.1) is 11.6 Å². The van der Waals surface area contributed by atoms with Gasteiger partial charge in [0.15, 0.2) is 17.3 Å². The van der Waals surface area contributed by atoms with Crippen LogP contribution in [-0.2, 0) is 0 Å². The van der Waals surface area contributed by atoms with Gasteiger partial charge < -0.3 is 14.6 Å². The Bertz CT molecular complexity index is 791. The minimum absolute atomic E-state index is 0.0883. The molecule has 25 heavy (non-hydrogen) atoms. The number of hydrogen-bond acceptors (Lipinski definition) is 4. The highest BCUT2D eigenvalue weighted by atomic mass is 35.5. The molecule has 0 amide bonds. The summed E-state index contributed by atoms with van der Waals surface area (Å²) in [5.41, 5.74) is 0.740. The van der Waals surface area contributed by atoms with Gasteiger partial charge in [0.1, 0.15) is 5.75 Å². The highest BCUT2D eigenvalue weighted by Gasteiger charge is 2.10. The van der Waals surface area contributed by atoms with Crippen LogP contribution in [0.25, 0.3) is 6.08 Å². The summed E-state index contributed by atoms with van der Waals surface area (Å²) >= 11 is 5.92. The molecule has 1 N–H and O–H groups in total. The molecule has 0 aliphatic heterocycles. The molecular weight excluding hydrogens is 354 g/mol. The van der Waals surface area contributed by atoms with Crippen molar-refractivity contribution in [3.05, 3.63) is 58.6 Å². The molecular formula is C18H15ClF2O4. The van der Waals surface area contributed by atoms with Crippen molar-refractivity contribution in [1.29, 1.82) is 0 Å². The number of aromatic hydroxyl groups is 1. The molecule has 0 radical (unpaired) electrons. The van der Waals surface area contributed by atoms with Crippen molar-refractivity contribution in [1.82, 2.24) is 0 Å². The second-order valence-electron chi connectivity index (χ2n) is 4.89. The lowest BCUT2D eigenvalue weighted by Crippen LogP contribution is -2.03. The molecule has 2 aromatic rings. The van der Waals surface area contributed by atoms with Crippen molar-refractivity contribution in [3.8, 4) is 17.2 Å². The van der Waals surface area contributed by atoms with E-state index in [-0.39, 0.29) is 27.8 Å². The van der Waals surface area contributed by atoms with E-state index >= 15 is 0 Å². The Kier molecular flexibility index (Phi) is 6.36. The van der Waals surface area contributed by atoms with Crippen LogP contribution < -0.4 is 9.47 Å². The van der Waals surface area contributed by atoms with E-state index < -0.39 is 12.4 Å². The van der Waals surface area contributed by atoms with Crippen LogP contribution in [0.15, 0.2) is 42.5 Å². The second kappa shape index (κ2) is 8.48. The standard InChI is InChI=1S/C18H15ClF2O4/c1-2-24-16-9-11(8-14(19)17(16)23)6-7-15(22)12-4-3-5-13(10-12)25-18(20)21/h3-10,18,23H,2H2,1H3/b7-6+. The summed E-state index contributed by atoms with van der Waals surface area (Å²) in [5, 5.41) is 9.88. The Morgan fingerprint density at radius 3 is 2.76 bits per heavy atom. The average molecular weight is 369 g/mol. The number of benzene rings is 2. The number of rotatable bonds is 7. The topological polar surface area (TPSA) is 55.8 Å². The summed E-state index contributed by atoms with van der Waals surface area (Å²) in [7, 11) is 0. The van der Waals surface area contributed by atoms with Gasteiger partial charge in [0.2, 0.25) is 0 Å². The van der Waals surface area contributed by atoms with Gasteiger partial charge in [-0.3, -0.25) is 4.79 Å². The number of carbonyl (C=O) groups excluding carboxylic acids is 1. The number of halogens is 3. The zero-order chi connectivity index (χ0) is 18.4. The molecule has 0 saturated heterocycles. The lowest BCUT2D eigenvalue weighted by atomic mass is 10.1. The molecule has 0 aromatic heterocycles. The third kappa shape index (κ3) is 5.19. The summed E-state index contributed by atoms with van der Waals surface area (Å²) in [4.78, 5) is 12.2. The third-order valence-electron chi connectivity index (χ3n) is 3.12.